The molecule has 0 amide bonds. The Morgan fingerprint density at radius 3 is 2.76 bits per heavy atom. The van der Waals surface area contributed by atoms with E-state index in [0.29, 0.717) is 0 Å². The minimum Gasteiger partial charge on any atom is -0.378 e. The molecule has 6 nitrogen and oxygen atoms in total. The fraction of sp³-hybridized carbons (Fsp3) is 0.867. The van der Waals surface area contributed by atoms with Crippen LogP contribution in [0.1, 0.15) is 40.3 Å². The van der Waals surface area contributed by atoms with Crippen molar-refractivity contribution in [3.8, 4) is 0 Å². The molecule has 2 rings (SSSR count). The second kappa shape index (κ2) is 6.42. The highest BCUT2D eigenvalue weighted by atomic mass is 16.5. The number of morpholine rings is 1. The molecule has 0 saturated carbocycles. The van der Waals surface area contributed by atoms with E-state index in [2.05, 4.69) is 55.1 Å². The van der Waals surface area contributed by atoms with Gasteiger partial charge in [0.2, 0.25) is 0 Å². The van der Waals surface area contributed by atoms with Crippen LogP contribution >= 0.6 is 0 Å². The predicted octanol–water partition coefficient (Wildman–Crippen LogP) is 1.28. The molecule has 0 spiro atoms. The van der Waals surface area contributed by atoms with Crippen molar-refractivity contribution < 1.29 is 4.74 Å². The SMILES string of the molecule is CC(C)(C)NCc1cn(CCN2CCOCC2(C)C)nn1. The van der Waals surface area contributed by atoms with Gasteiger partial charge in [0.1, 0.15) is 0 Å². The van der Waals surface area contributed by atoms with Gasteiger partial charge in [-0.2, -0.15) is 0 Å². The van der Waals surface area contributed by atoms with Gasteiger partial charge in [-0.1, -0.05) is 5.21 Å². The minimum absolute atomic E-state index is 0.0988. The Labute approximate surface area is 127 Å². The standard InChI is InChI=1S/C15H29N5O/c1-14(2,3)16-10-13-11-20(18-17-13)7-6-19-8-9-21-12-15(19,4)5/h11,16H,6-10,12H2,1-5H3. The van der Waals surface area contributed by atoms with Crippen LogP contribution in [-0.4, -0.2) is 57.3 Å². The van der Waals surface area contributed by atoms with Crippen molar-refractivity contribution in [1.29, 1.82) is 0 Å². The molecule has 0 unspecified atom stereocenters. The zero-order chi connectivity index (χ0) is 15.5. The monoisotopic (exact) mass is 295 g/mol. The third-order valence-corrected chi connectivity index (χ3v) is 3.80. The molecule has 6 heteroatoms. The number of hydrogen-bond acceptors (Lipinski definition) is 5. The van der Waals surface area contributed by atoms with Crippen molar-refractivity contribution in [2.45, 2.75) is 58.8 Å². The number of aromatic nitrogens is 3. The Morgan fingerprint density at radius 2 is 2.10 bits per heavy atom. The van der Waals surface area contributed by atoms with Gasteiger partial charge in [0, 0.05) is 36.9 Å². The molecule has 0 bridgehead atoms. The van der Waals surface area contributed by atoms with E-state index in [-0.39, 0.29) is 11.1 Å². The summed E-state index contributed by atoms with van der Waals surface area (Å²) >= 11 is 0. The third kappa shape index (κ3) is 5.05. The Hall–Kier alpha value is -0.980. The topological polar surface area (TPSA) is 55.2 Å². The van der Waals surface area contributed by atoms with Gasteiger partial charge in [-0.25, -0.2) is 0 Å². The summed E-state index contributed by atoms with van der Waals surface area (Å²) in [4.78, 5) is 2.46. The van der Waals surface area contributed by atoms with E-state index in [0.717, 1.165) is 45.1 Å². The normalized spacial score (nSPS) is 19.9. The lowest BCUT2D eigenvalue weighted by Crippen LogP contribution is -2.53. The van der Waals surface area contributed by atoms with E-state index in [1.54, 1.807) is 0 Å². The molecule has 1 fully saturated rings. The highest BCUT2D eigenvalue weighted by Gasteiger charge is 2.29. The van der Waals surface area contributed by atoms with Crippen LogP contribution in [-0.2, 0) is 17.8 Å². The van der Waals surface area contributed by atoms with Crippen LogP contribution in [0.3, 0.4) is 0 Å². The van der Waals surface area contributed by atoms with E-state index in [1.807, 2.05) is 10.9 Å². The Kier molecular flexibility index (Phi) is 5.01. The van der Waals surface area contributed by atoms with Crippen molar-refractivity contribution in [3.63, 3.8) is 0 Å². The molecule has 2 heterocycles. The van der Waals surface area contributed by atoms with Crippen LogP contribution in [0.5, 0.6) is 0 Å². The van der Waals surface area contributed by atoms with Gasteiger partial charge in [0.05, 0.1) is 25.5 Å². The van der Waals surface area contributed by atoms with Crippen molar-refractivity contribution >= 4 is 0 Å². The van der Waals surface area contributed by atoms with E-state index in [4.69, 9.17) is 4.74 Å². The first kappa shape index (κ1) is 16.4. The number of ether oxygens (including phenoxy) is 1. The molecule has 0 aromatic carbocycles. The minimum atomic E-state index is 0.0988. The zero-order valence-electron chi connectivity index (χ0n) is 14.0. The summed E-state index contributed by atoms with van der Waals surface area (Å²) in [5, 5.41) is 11.9. The first-order valence-electron chi connectivity index (χ1n) is 7.73. The van der Waals surface area contributed by atoms with Gasteiger partial charge in [0.25, 0.3) is 0 Å². The van der Waals surface area contributed by atoms with E-state index in [9.17, 15) is 0 Å². The lowest BCUT2D eigenvalue weighted by molar-refractivity contribution is -0.0524. The summed E-state index contributed by atoms with van der Waals surface area (Å²) in [7, 11) is 0. The Bertz CT molecular complexity index is 449. The Morgan fingerprint density at radius 1 is 1.33 bits per heavy atom. The molecule has 120 valence electrons. The molecular weight excluding hydrogens is 266 g/mol. The van der Waals surface area contributed by atoms with Gasteiger partial charge in [-0.15, -0.1) is 5.10 Å². The fourth-order valence-electron chi connectivity index (χ4n) is 2.41. The molecule has 0 atom stereocenters. The summed E-state index contributed by atoms with van der Waals surface area (Å²) in [5.41, 5.74) is 1.20. The summed E-state index contributed by atoms with van der Waals surface area (Å²) in [6, 6.07) is 0. The molecule has 1 aliphatic heterocycles. The first-order chi connectivity index (χ1) is 9.76. The van der Waals surface area contributed by atoms with Crippen LogP contribution in [0.25, 0.3) is 0 Å². The van der Waals surface area contributed by atoms with Crippen LogP contribution in [0.2, 0.25) is 0 Å². The van der Waals surface area contributed by atoms with E-state index in [1.165, 1.54) is 0 Å². The maximum atomic E-state index is 5.55. The maximum Gasteiger partial charge on any atom is 0.0965 e. The molecule has 1 aromatic heterocycles. The van der Waals surface area contributed by atoms with Crippen LogP contribution in [0, 0.1) is 0 Å². The highest BCUT2D eigenvalue weighted by molar-refractivity contribution is 4.93. The average Bonchev–Trinajstić information content (AvgIpc) is 2.82. The molecule has 1 aliphatic rings. The van der Waals surface area contributed by atoms with Gasteiger partial charge in [0.15, 0.2) is 0 Å². The molecule has 1 N–H and O–H groups in total. The van der Waals surface area contributed by atoms with Crippen molar-refractivity contribution in [2.75, 3.05) is 26.3 Å². The zero-order valence-corrected chi connectivity index (χ0v) is 14.0. The van der Waals surface area contributed by atoms with Gasteiger partial charge < -0.3 is 10.1 Å². The second-order valence-electron chi connectivity index (χ2n) is 7.43. The molecule has 0 aliphatic carbocycles. The lowest BCUT2D eigenvalue weighted by Gasteiger charge is -2.42. The van der Waals surface area contributed by atoms with Gasteiger partial charge in [-0.05, 0) is 34.6 Å². The van der Waals surface area contributed by atoms with Crippen LogP contribution < -0.4 is 5.32 Å². The first-order valence-corrected chi connectivity index (χ1v) is 7.73. The average molecular weight is 295 g/mol. The van der Waals surface area contributed by atoms with Crippen molar-refractivity contribution in [3.05, 3.63) is 11.9 Å². The predicted molar refractivity (Wildman–Crippen MR) is 83.1 cm³/mol. The Balaban J connectivity index is 1.82. The highest BCUT2D eigenvalue weighted by Crippen LogP contribution is 2.18. The molecule has 0 radical (unpaired) electrons. The maximum absolute atomic E-state index is 5.55. The second-order valence-corrected chi connectivity index (χ2v) is 7.43. The van der Waals surface area contributed by atoms with E-state index < -0.39 is 0 Å². The van der Waals surface area contributed by atoms with Gasteiger partial charge >= 0.3 is 0 Å². The number of hydrogen-bond donors (Lipinski definition) is 1. The summed E-state index contributed by atoms with van der Waals surface area (Å²) in [5.74, 6) is 0. The van der Waals surface area contributed by atoms with Gasteiger partial charge in [-0.3, -0.25) is 9.58 Å². The quantitative estimate of drug-likeness (QED) is 0.887. The van der Waals surface area contributed by atoms with Crippen molar-refractivity contribution in [1.82, 2.24) is 25.2 Å². The number of nitrogens with zero attached hydrogens (tertiary/aromatic N) is 4. The molecular formula is C15H29N5O. The number of nitrogens with one attached hydrogen (secondary N) is 1. The summed E-state index contributed by atoms with van der Waals surface area (Å²) < 4.78 is 7.49. The summed E-state index contributed by atoms with van der Waals surface area (Å²) in [6.07, 6.45) is 2.03. The molecule has 1 aromatic rings. The number of rotatable bonds is 5. The fourth-order valence-corrected chi connectivity index (χ4v) is 2.41. The van der Waals surface area contributed by atoms with Crippen LogP contribution in [0.4, 0.5) is 0 Å². The molecule has 21 heavy (non-hydrogen) atoms. The third-order valence-electron chi connectivity index (χ3n) is 3.80. The molecule has 1 saturated heterocycles. The van der Waals surface area contributed by atoms with Crippen molar-refractivity contribution in [2.24, 2.45) is 0 Å². The van der Waals surface area contributed by atoms with E-state index >= 15 is 0 Å². The largest absolute Gasteiger partial charge is 0.378 e. The smallest absolute Gasteiger partial charge is 0.0965 e. The summed E-state index contributed by atoms with van der Waals surface area (Å²) in [6.45, 7) is 16.1. The van der Waals surface area contributed by atoms with Crippen LogP contribution in [0.15, 0.2) is 6.20 Å². The lowest BCUT2D eigenvalue weighted by atomic mass is 10.0.